The molecule has 9 heteroatoms. The lowest BCUT2D eigenvalue weighted by atomic mass is 10.3. The number of ether oxygens (including phenoxy) is 1. The molecule has 1 heterocycles. The minimum absolute atomic E-state index is 0.00133. The standard InChI is InChI=1S/C17H13ClFN3O3S/c18-11-5-1-4-8-14(11)24-9-16-21-22-17(25-16)26-10-15(23)20-13-7-3-2-6-12(13)19/h1-8H,9-10H2,(H,20,23). The Hall–Kier alpha value is -2.58. The number of anilines is 1. The van der Waals surface area contributed by atoms with Crippen molar-refractivity contribution >= 4 is 35.0 Å². The Labute approximate surface area is 157 Å². The Balaban J connectivity index is 1.48. The molecule has 0 aliphatic rings. The van der Waals surface area contributed by atoms with Gasteiger partial charge in [0.1, 0.15) is 11.6 Å². The van der Waals surface area contributed by atoms with Gasteiger partial charge in [0, 0.05) is 0 Å². The molecule has 26 heavy (non-hydrogen) atoms. The molecule has 0 bridgehead atoms. The van der Waals surface area contributed by atoms with Crippen LogP contribution in [0.5, 0.6) is 5.75 Å². The second kappa shape index (κ2) is 8.68. The molecular weight excluding hydrogens is 381 g/mol. The normalized spacial score (nSPS) is 10.5. The number of rotatable bonds is 7. The van der Waals surface area contributed by atoms with Crippen molar-refractivity contribution in [2.24, 2.45) is 0 Å². The fourth-order valence-electron chi connectivity index (χ4n) is 1.93. The molecule has 3 aromatic rings. The largest absolute Gasteiger partial charge is 0.482 e. The fraction of sp³-hybridized carbons (Fsp3) is 0.118. The number of hydrogen-bond donors (Lipinski definition) is 1. The molecule has 134 valence electrons. The van der Waals surface area contributed by atoms with Crippen LogP contribution in [0.2, 0.25) is 5.02 Å². The van der Waals surface area contributed by atoms with Gasteiger partial charge in [0.15, 0.2) is 6.61 Å². The van der Waals surface area contributed by atoms with Crippen LogP contribution in [-0.2, 0) is 11.4 Å². The summed E-state index contributed by atoms with van der Waals surface area (Å²) in [5.41, 5.74) is 0.123. The van der Waals surface area contributed by atoms with Crippen molar-refractivity contribution in [3.8, 4) is 5.75 Å². The summed E-state index contributed by atoms with van der Waals surface area (Å²) in [5, 5.41) is 10.8. The number of thioether (sulfide) groups is 1. The third-order valence-electron chi connectivity index (χ3n) is 3.11. The number of carbonyl (C=O) groups is 1. The number of amides is 1. The Bertz CT molecular complexity index is 906. The van der Waals surface area contributed by atoms with Gasteiger partial charge in [0.05, 0.1) is 16.5 Å². The molecule has 0 unspecified atom stereocenters. The molecule has 0 atom stereocenters. The zero-order valence-corrected chi connectivity index (χ0v) is 14.9. The van der Waals surface area contributed by atoms with E-state index in [0.717, 1.165) is 11.8 Å². The summed E-state index contributed by atoms with van der Waals surface area (Å²) in [6.07, 6.45) is 0. The predicted octanol–water partition coefficient (Wildman–Crippen LogP) is 4.17. The number of nitrogens with zero attached hydrogens (tertiary/aromatic N) is 2. The van der Waals surface area contributed by atoms with Crippen LogP contribution in [0.25, 0.3) is 0 Å². The van der Waals surface area contributed by atoms with E-state index in [-0.39, 0.29) is 35.1 Å². The van der Waals surface area contributed by atoms with Gasteiger partial charge in [0.25, 0.3) is 11.1 Å². The molecule has 6 nitrogen and oxygen atoms in total. The molecule has 1 amide bonds. The Morgan fingerprint density at radius 1 is 1.19 bits per heavy atom. The molecule has 0 fully saturated rings. The maximum absolute atomic E-state index is 13.5. The van der Waals surface area contributed by atoms with E-state index < -0.39 is 5.82 Å². The van der Waals surface area contributed by atoms with Crippen molar-refractivity contribution in [3.05, 3.63) is 65.3 Å². The maximum atomic E-state index is 13.5. The number of aromatic nitrogens is 2. The lowest BCUT2D eigenvalue weighted by Gasteiger charge is -2.05. The van der Waals surface area contributed by atoms with Crippen LogP contribution in [0.3, 0.4) is 0 Å². The molecule has 0 saturated heterocycles. The number of benzene rings is 2. The van der Waals surface area contributed by atoms with Crippen molar-refractivity contribution in [1.29, 1.82) is 0 Å². The topological polar surface area (TPSA) is 77.2 Å². The molecule has 1 N–H and O–H groups in total. The molecule has 0 radical (unpaired) electrons. The van der Waals surface area contributed by atoms with Crippen LogP contribution in [0, 0.1) is 5.82 Å². The highest BCUT2D eigenvalue weighted by Crippen LogP contribution is 2.24. The quantitative estimate of drug-likeness (QED) is 0.607. The summed E-state index contributed by atoms with van der Waals surface area (Å²) in [4.78, 5) is 11.9. The highest BCUT2D eigenvalue weighted by atomic mass is 35.5. The first-order valence-corrected chi connectivity index (χ1v) is 8.85. The number of hydrogen-bond acceptors (Lipinski definition) is 6. The van der Waals surface area contributed by atoms with E-state index in [9.17, 15) is 9.18 Å². The van der Waals surface area contributed by atoms with Gasteiger partial charge in [-0.05, 0) is 24.3 Å². The minimum atomic E-state index is -0.498. The third kappa shape index (κ3) is 4.96. The van der Waals surface area contributed by atoms with Gasteiger partial charge in [-0.3, -0.25) is 4.79 Å². The first kappa shape index (κ1) is 18.2. The summed E-state index contributed by atoms with van der Waals surface area (Å²) in [6.45, 7) is 0.0543. The highest BCUT2D eigenvalue weighted by molar-refractivity contribution is 7.99. The average molecular weight is 394 g/mol. The van der Waals surface area contributed by atoms with E-state index in [1.165, 1.54) is 12.1 Å². The van der Waals surface area contributed by atoms with Crippen molar-refractivity contribution in [2.75, 3.05) is 11.1 Å². The molecular formula is C17H13ClFN3O3S. The third-order valence-corrected chi connectivity index (χ3v) is 4.24. The first-order valence-electron chi connectivity index (χ1n) is 7.48. The lowest BCUT2D eigenvalue weighted by molar-refractivity contribution is -0.113. The van der Waals surface area contributed by atoms with E-state index in [1.54, 1.807) is 36.4 Å². The maximum Gasteiger partial charge on any atom is 0.277 e. The van der Waals surface area contributed by atoms with E-state index in [4.69, 9.17) is 20.8 Å². The van der Waals surface area contributed by atoms with Gasteiger partial charge in [-0.2, -0.15) is 0 Å². The first-order chi connectivity index (χ1) is 12.6. The number of para-hydroxylation sites is 2. The van der Waals surface area contributed by atoms with Crippen LogP contribution in [0.1, 0.15) is 5.89 Å². The molecule has 0 saturated carbocycles. The molecule has 0 aliphatic heterocycles. The highest BCUT2D eigenvalue weighted by Gasteiger charge is 2.12. The van der Waals surface area contributed by atoms with Gasteiger partial charge in [-0.1, -0.05) is 47.6 Å². The van der Waals surface area contributed by atoms with E-state index >= 15 is 0 Å². The average Bonchev–Trinajstić information content (AvgIpc) is 3.09. The fourth-order valence-corrected chi connectivity index (χ4v) is 2.70. The minimum Gasteiger partial charge on any atom is -0.482 e. The zero-order chi connectivity index (χ0) is 18.4. The van der Waals surface area contributed by atoms with Crippen LogP contribution < -0.4 is 10.1 Å². The summed E-state index contributed by atoms with van der Waals surface area (Å²) in [5.74, 6) is -0.121. The molecule has 3 rings (SSSR count). The van der Waals surface area contributed by atoms with Gasteiger partial charge in [-0.25, -0.2) is 4.39 Å². The number of nitrogens with one attached hydrogen (secondary N) is 1. The van der Waals surface area contributed by atoms with Gasteiger partial charge < -0.3 is 14.5 Å². The van der Waals surface area contributed by atoms with Crippen LogP contribution in [-0.4, -0.2) is 21.9 Å². The molecule has 0 aliphatic carbocycles. The van der Waals surface area contributed by atoms with E-state index in [0.29, 0.717) is 10.8 Å². The van der Waals surface area contributed by atoms with Crippen LogP contribution in [0.4, 0.5) is 10.1 Å². The van der Waals surface area contributed by atoms with E-state index in [1.807, 2.05) is 0 Å². The second-order valence-corrected chi connectivity index (χ2v) is 6.33. The Kier molecular flexibility index (Phi) is 6.08. The van der Waals surface area contributed by atoms with Crippen LogP contribution >= 0.6 is 23.4 Å². The Morgan fingerprint density at radius 3 is 2.77 bits per heavy atom. The number of halogens is 2. The van der Waals surface area contributed by atoms with Crippen molar-refractivity contribution in [3.63, 3.8) is 0 Å². The van der Waals surface area contributed by atoms with Gasteiger partial charge >= 0.3 is 0 Å². The van der Waals surface area contributed by atoms with Crippen molar-refractivity contribution in [1.82, 2.24) is 10.2 Å². The lowest BCUT2D eigenvalue weighted by Crippen LogP contribution is -2.14. The summed E-state index contributed by atoms with van der Waals surface area (Å²) in [7, 11) is 0. The smallest absolute Gasteiger partial charge is 0.277 e. The molecule has 0 spiro atoms. The Morgan fingerprint density at radius 2 is 1.96 bits per heavy atom. The number of carbonyl (C=O) groups excluding carboxylic acids is 1. The zero-order valence-electron chi connectivity index (χ0n) is 13.3. The van der Waals surface area contributed by atoms with Crippen molar-refractivity contribution in [2.45, 2.75) is 11.8 Å². The summed E-state index contributed by atoms with van der Waals surface area (Å²) < 4.78 is 24.4. The molecule has 1 aromatic heterocycles. The summed E-state index contributed by atoms with van der Waals surface area (Å²) in [6, 6.07) is 13.0. The van der Waals surface area contributed by atoms with Crippen LogP contribution in [0.15, 0.2) is 58.2 Å². The molecule has 2 aromatic carbocycles. The van der Waals surface area contributed by atoms with Gasteiger partial charge in [-0.15, -0.1) is 10.2 Å². The summed E-state index contributed by atoms with van der Waals surface area (Å²) >= 11 is 7.03. The van der Waals surface area contributed by atoms with E-state index in [2.05, 4.69) is 15.5 Å². The monoisotopic (exact) mass is 393 g/mol. The van der Waals surface area contributed by atoms with Crippen molar-refractivity contribution < 1.29 is 18.3 Å². The SMILES string of the molecule is O=C(CSc1nnc(COc2ccccc2Cl)o1)Nc1ccccc1F. The predicted molar refractivity (Wildman–Crippen MR) is 95.8 cm³/mol. The van der Waals surface area contributed by atoms with Gasteiger partial charge in [0.2, 0.25) is 5.91 Å². The second-order valence-electron chi connectivity index (χ2n) is 5.00.